The molecule has 0 aliphatic rings. The minimum absolute atomic E-state index is 0.258. The number of aliphatic hydroxyl groups is 1. The smallest absolute Gasteiger partial charge is 0.0723 e. The highest BCUT2D eigenvalue weighted by molar-refractivity contribution is 5.04. The van der Waals surface area contributed by atoms with Gasteiger partial charge in [-0.3, -0.25) is 0 Å². The zero-order valence-electron chi connectivity index (χ0n) is 12.4. The van der Waals surface area contributed by atoms with Crippen LogP contribution in [0, 0.1) is 0 Å². The van der Waals surface area contributed by atoms with Crippen LogP contribution in [0.1, 0.15) is 78.1 Å². The van der Waals surface area contributed by atoms with Gasteiger partial charge in [0.1, 0.15) is 0 Å². The predicted octanol–water partition coefficient (Wildman–Crippen LogP) is 5.40. The molecule has 0 spiro atoms. The summed E-state index contributed by atoms with van der Waals surface area (Å²) in [6, 6.07) is 0. The van der Waals surface area contributed by atoms with Gasteiger partial charge in [-0.15, -0.1) is 0 Å². The Kier molecular flexibility index (Phi) is 14.0. The Balaban J connectivity index is 3.40. The van der Waals surface area contributed by atoms with Crippen molar-refractivity contribution in [1.82, 2.24) is 0 Å². The molecule has 0 aliphatic heterocycles. The van der Waals surface area contributed by atoms with Gasteiger partial charge in [-0.05, 0) is 19.3 Å². The Morgan fingerprint density at radius 1 is 0.833 bits per heavy atom. The molecule has 1 nitrogen and oxygen atoms in total. The maximum absolute atomic E-state index is 9.70. The lowest BCUT2D eigenvalue weighted by Crippen LogP contribution is -2.00. The molecule has 0 aromatic rings. The third-order valence-electron chi connectivity index (χ3n) is 3.16. The maximum atomic E-state index is 9.70. The molecule has 0 radical (unpaired) electrons. The van der Waals surface area contributed by atoms with E-state index in [2.05, 4.69) is 26.0 Å². The third-order valence-corrected chi connectivity index (χ3v) is 3.16. The van der Waals surface area contributed by atoms with Gasteiger partial charge in [0.15, 0.2) is 0 Å². The van der Waals surface area contributed by atoms with Crippen molar-refractivity contribution in [3.8, 4) is 0 Å². The number of unbranched alkanes of at least 4 members (excludes halogenated alkanes) is 7. The summed E-state index contributed by atoms with van der Waals surface area (Å²) in [5.74, 6) is 0. The Morgan fingerprint density at radius 2 is 1.50 bits per heavy atom. The molecule has 1 heteroatoms. The van der Waals surface area contributed by atoms with Crippen molar-refractivity contribution in [1.29, 1.82) is 0 Å². The second kappa shape index (κ2) is 14.5. The summed E-state index contributed by atoms with van der Waals surface area (Å²) in [6.45, 7) is 4.45. The first kappa shape index (κ1) is 17.4. The van der Waals surface area contributed by atoms with Gasteiger partial charge in [0, 0.05) is 0 Å². The monoisotopic (exact) mass is 252 g/mol. The molecule has 0 rings (SSSR count). The van der Waals surface area contributed by atoms with Crippen LogP contribution in [0.5, 0.6) is 0 Å². The van der Waals surface area contributed by atoms with E-state index >= 15 is 0 Å². The highest BCUT2D eigenvalue weighted by atomic mass is 16.3. The van der Waals surface area contributed by atoms with Crippen LogP contribution in [-0.4, -0.2) is 11.2 Å². The van der Waals surface area contributed by atoms with Crippen molar-refractivity contribution >= 4 is 0 Å². The molecule has 0 aliphatic carbocycles. The van der Waals surface area contributed by atoms with Crippen LogP contribution >= 0.6 is 0 Å². The zero-order chi connectivity index (χ0) is 13.5. The topological polar surface area (TPSA) is 20.2 Å². The molecule has 106 valence electrons. The van der Waals surface area contributed by atoms with Crippen molar-refractivity contribution in [3.63, 3.8) is 0 Å². The second-order valence-electron chi connectivity index (χ2n) is 5.08. The number of allylic oxidation sites excluding steroid dienone is 3. The maximum Gasteiger partial charge on any atom is 0.0723 e. The Bertz CT molecular complexity index is 206. The number of rotatable bonds is 12. The van der Waals surface area contributed by atoms with E-state index in [1.165, 1.54) is 44.9 Å². The van der Waals surface area contributed by atoms with Gasteiger partial charge in [-0.2, -0.15) is 0 Å². The molecule has 0 saturated carbocycles. The normalized spacial score (nSPS) is 13.7. The Morgan fingerprint density at radius 3 is 2.17 bits per heavy atom. The van der Waals surface area contributed by atoms with Gasteiger partial charge in [0.25, 0.3) is 0 Å². The minimum Gasteiger partial charge on any atom is -0.389 e. The highest BCUT2D eigenvalue weighted by Gasteiger charge is 1.97. The Labute approximate surface area is 114 Å². The molecule has 1 atom stereocenters. The average molecular weight is 252 g/mol. The zero-order valence-corrected chi connectivity index (χ0v) is 12.4. The first-order valence-corrected chi connectivity index (χ1v) is 7.82. The van der Waals surface area contributed by atoms with Gasteiger partial charge in [0.05, 0.1) is 6.10 Å². The largest absolute Gasteiger partial charge is 0.389 e. The van der Waals surface area contributed by atoms with Crippen molar-refractivity contribution in [2.45, 2.75) is 84.2 Å². The SMILES string of the molecule is CCCCCC/C=C\C=C\C(O)CCCCCC. The molecule has 18 heavy (non-hydrogen) atoms. The second-order valence-corrected chi connectivity index (χ2v) is 5.08. The van der Waals surface area contributed by atoms with Gasteiger partial charge in [0.2, 0.25) is 0 Å². The molecule has 0 aromatic heterocycles. The lowest BCUT2D eigenvalue weighted by atomic mass is 10.1. The van der Waals surface area contributed by atoms with Crippen molar-refractivity contribution in [3.05, 3.63) is 24.3 Å². The highest BCUT2D eigenvalue weighted by Crippen LogP contribution is 2.06. The van der Waals surface area contributed by atoms with Crippen molar-refractivity contribution in [2.24, 2.45) is 0 Å². The van der Waals surface area contributed by atoms with E-state index in [9.17, 15) is 5.11 Å². The summed E-state index contributed by atoms with van der Waals surface area (Å²) in [7, 11) is 0. The van der Waals surface area contributed by atoms with E-state index in [4.69, 9.17) is 0 Å². The molecule has 0 bridgehead atoms. The van der Waals surface area contributed by atoms with Crippen LogP contribution in [0.25, 0.3) is 0 Å². The summed E-state index contributed by atoms with van der Waals surface area (Å²) in [5.41, 5.74) is 0. The van der Waals surface area contributed by atoms with E-state index in [-0.39, 0.29) is 6.10 Å². The summed E-state index contributed by atoms with van der Waals surface area (Å²) in [4.78, 5) is 0. The van der Waals surface area contributed by atoms with E-state index < -0.39 is 0 Å². The van der Waals surface area contributed by atoms with E-state index in [0.717, 1.165) is 19.3 Å². The fourth-order valence-electron chi connectivity index (χ4n) is 1.93. The number of aliphatic hydroxyl groups excluding tert-OH is 1. The van der Waals surface area contributed by atoms with E-state index in [0.29, 0.717) is 0 Å². The lowest BCUT2D eigenvalue weighted by molar-refractivity contribution is 0.208. The molecule has 0 fully saturated rings. The lowest BCUT2D eigenvalue weighted by Gasteiger charge is -2.03. The van der Waals surface area contributed by atoms with Crippen molar-refractivity contribution in [2.75, 3.05) is 0 Å². The van der Waals surface area contributed by atoms with Crippen LogP contribution in [0.3, 0.4) is 0 Å². The molecule has 0 saturated heterocycles. The van der Waals surface area contributed by atoms with Gasteiger partial charge >= 0.3 is 0 Å². The summed E-state index contributed by atoms with van der Waals surface area (Å²) in [6.07, 6.45) is 20.2. The molecular weight excluding hydrogens is 220 g/mol. The van der Waals surface area contributed by atoms with Gasteiger partial charge < -0.3 is 5.11 Å². The van der Waals surface area contributed by atoms with E-state index in [1.807, 2.05) is 12.2 Å². The van der Waals surface area contributed by atoms with Crippen LogP contribution in [-0.2, 0) is 0 Å². The van der Waals surface area contributed by atoms with Crippen LogP contribution in [0.2, 0.25) is 0 Å². The first-order valence-electron chi connectivity index (χ1n) is 7.82. The molecular formula is C17H32O. The van der Waals surface area contributed by atoms with E-state index in [1.54, 1.807) is 0 Å². The molecule has 1 N–H and O–H groups in total. The molecule has 0 heterocycles. The molecule has 1 unspecified atom stereocenters. The third kappa shape index (κ3) is 13.5. The minimum atomic E-state index is -0.258. The summed E-state index contributed by atoms with van der Waals surface area (Å²) >= 11 is 0. The number of hydrogen-bond donors (Lipinski definition) is 1. The fraction of sp³-hybridized carbons (Fsp3) is 0.765. The predicted molar refractivity (Wildman–Crippen MR) is 81.8 cm³/mol. The van der Waals surface area contributed by atoms with Crippen LogP contribution < -0.4 is 0 Å². The fourth-order valence-corrected chi connectivity index (χ4v) is 1.93. The number of hydrogen-bond acceptors (Lipinski definition) is 1. The summed E-state index contributed by atoms with van der Waals surface area (Å²) < 4.78 is 0. The van der Waals surface area contributed by atoms with Crippen LogP contribution in [0.4, 0.5) is 0 Å². The molecule has 0 amide bonds. The Hall–Kier alpha value is -0.560. The summed E-state index contributed by atoms with van der Waals surface area (Å²) in [5, 5.41) is 9.70. The van der Waals surface area contributed by atoms with Crippen LogP contribution in [0.15, 0.2) is 24.3 Å². The quantitative estimate of drug-likeness (QED) is 0.364. The average Bonchev–Trinajstić information content (AvgIpc) is 2.38. The van der Waals surface area contributed by atoms with Gasteiger partial charge in [-0.1, -0.05) is 83.1 Å². The molecule has 0 aromatic carbocycles. The van der Waals surface area contributed by atoms with Crippen molar-refractivity contribution < 1.29 is 5.11 Å². The first-order chi connectivity index (χ1) is 8.81. The van der Waals surface area contributed by atoms with Gasteiger partial charge in [-0.25, -0.2) is 0 Å². The standard InChI is InChI=1S/C17H32O/c1-3-5-7-9-10-11-12-14-16-17(18)15-13-8-6-4-2/h11-12,14,16-18H,3-10,13,15H2,1-2H3/b12-11-,16-14+.